The molecule has 7 nitrogen and oxygen atoms in total. The van der Waals surface area contributed by atoms with Gasteiger partial charge in [-0.2, -0.15) is 0 Å². The van der Waals surface area contributed by atoms with E-state index in [1.807, 2.05) is 47.8 Å². The number of thiophene rings is 1. The molecule has 0 atom stereocenters. The van der Waals surface area contributed by atoms with Gasteiger partial charge in [0.2, 0.25) is 6.41 Å². The molecule has 0 unspecified atom stereocenters. The normalized spacial score (nSPS) is 10.8. The molecule has 5 rings (SSSR count). The predicted octanol–water partition coefficient (Wildman–Crippen LogP) is 7.92. The summed E-state index contributed by atoms with van der Waals surface area (Å²) in [6.45, 7) is 0.434. The molecule has 2 aromatic heterocycles. The number of rotatable bonds is 10. The molecule has 0 saturated heterocycles. The summed E-state index contributed by atoms with van der Waals surface area (Å²) in [4.78, 5) is 29.5. The van der Waals surface area contributed by atoms with Gasteiger partial charge >= 0.3 is 0 Å². The molecular formula is C30H21ClFN3O4S. The number of carbonyl (C=O) groups excluding carboxylic acids is 1. The van der Waals surface area contributed by atoms with Crippen LogP contribution in [0.25, 0.3) is 21.6 Å². The van der Waals surface area contributed by atoms with E-state index in [1.54, 1.807) is 23.4 Å². The summed E-state index contributed by atoms with van der Waals surface area (Å²) in [6, 6.07) is 21.6. The molecule has 0 saturated carbocycles. The quantitative estimate of drug-likeness (QED) is 0.0962. The zero-order chi connectivity index (χ0) is 28.1. The minimum atomic E-state index is -0.457. The maximum Gasteiger partial charge on any atom is 0.270 e. The fourth-order valence-corrected chi connectivity index (χ4v) is 5.33. The van der Waals surface area contributed by atoms with Gasteiger partial charge in [-0.25, -0.2) is 4.39 Å². The van der Waals surface area contributed by atoms with Crippen molar-refractivity contribution in [3.05, 3.63) is 129 Å². The number of nitro benzene ring substituents is 1. The maximum atomic E-state index is 13.5. The third kappa shape index (κ3) is 6.01. The molecule has 0 spiro atoms. The largest absolute Gasteiger partial charge is 0.488 e. The first-order valence-electron chi connectivity index (χ1n) is 12.1. The van der Waals surface area contributed by atoms with Gasteiger partial charge in [-0.3, -0.25) is 19.9 Å². The van der Waals surface area contributed by atoms with E-state index in [-0.39, 0.29) is 17.3 Å². The van der Waals surface area contributed by atoms with Crippen molar-refractivity contribution in [1.82, 2.24) is 4.98 Å². The standard InChI is InChI=1S/C30H21ClFN3O4S/c31-28-14-23(32)6-3-22(28)18-39-29-10-9-25(35(37)38)15-27(29)26-11-13-40-30(26)21-4-7-24(8-5-21)34(19-36)17-20-2-1-12-33-16-20/h1-16,19H,17-18H2. The Morgan fingerprint density at radius 1 is 1.05 bits per heavy atom. The molecule has 0 aliphatic rings. The lowest BCUT2D eigenvalue weighted by molar-refractivity contribution is -0.384. The second-order valence-corrected chi connectivity index (χ2v) is 10.1. The minimum absolute atomic E-state index is 0.0521. The van der Waals surface area contributed by atoms with Crippen LogP contribution in [-0.2, 0) is 17.9 Å². The van der Waals surface area contributed by atoms with E-state index >= 15 is 0 Å². The number of nitro groups is 1. The summed E-state index contributed by atoms with van der Waals surface area (Å²) >= 11 is 7.64. The number of benzene rings is 3. The third-order valence-electron chi connectivity index (χ3n) is 6.19. The number of anilines is 1. The summed E-state index contributed by atoms with van der Waals surface area (Å²) in [5.74, 6) is -0.0297. The first-order chi connectivity index (χ1) is 19.4. The molecule has 0 N–H and O–H groups in total. The molecule has 2 heterocycles. The Morgan fingerprint density at radius 3 is 2.58 bits per heavy atom. The molecule has 0 aliphatic carbocycles. The fraction of sp³-hybridized carbons (Fsp3) is 0.0667. The van der Waals surface area contributed by atoms with Crippen LogP contribution in [-0.4, -0.2) is 16.3 Å². The van der Waals surface area contributed by atoms with E-state index in [0.717, 1.165) is 33.7 Å². The van der Waals surface area contributed by atoms with Crippen LogP contribution in [0.4, 0.5) is 15.8 Å². The molecule has 40 heavy (non-hydrogen) atoms. The highest BCUT2D eigenvalue weighted by atomic mass is 35.5. The van der Waals surface area contributed by atoms with Gasteiger partial charge in [0.25, 0.3) is 5.69 Å². The van der Waals surface area contributed by atoms with Crippen molar-refractivity contribution in [2.45, 2.75) is 13.2 Å². The molecule has 200 valence electrons. The number of halogens is 2. The molecular weight excluding hydrogens is 553 g/mol. The van der Waals surface area contributed by atoms with Crippen molar-refractivity contribution in [3.63, 3.8) is 0 Å². The van der Waals surface area contributed by atoms with E-state index in [0.29, 0.717) is 23.4 Å². The molecule has 0 aliphatic heterocycles. The average Bonchev–Trinajstić information content (AvgIpc) is 3.46. The molecule has 1 amide bonds. The van der Waals surface area contributed by atoms with Crippen LogP contribution in [0.1, 0.15) is 11.1 Å². The van der Waals surface area contributed by atoms with Crippen LogP contribution < -0.4 is 9.64 Å². The third-order valence-corrected chi connectivity index (χ3v) is 7.51. The highest BCUT2D eigenvalue weighted by Gasteiger charge is 2.19. The fourth-order valence-electron chi connectivity index (χ4n) is 4.19. The van der Waals surface area contributed by atoms with E-state index < -0.39 is 10.7 Å². The van der Waals surface area contributed by atoms with Gasteiger partial charge < -0.3 is 9.64 Å². The van der Waals surface area contributed by atoms with E-state index in [1.165, 1.54) is 41.7 Å². The summed E-state index contributed by atoms with van der Waals surface area (Å²) in [5.41, 5.74) is 4.30. The van der Waals surface area contributed by atoms with Gasteiger partial charge in [-0.05, 0) is 59.0 Å². The van der Waals surface area contributed by atoms with E-state index in [4.69, 9.17) is 16.3 Å². The monoisotopic (exact) mass is 573 g/mol. The maximum absolute atomic E-state index is 13.5. The lowest BCUT2D eigenvalue weighted by Crippen LogP contribution is -2.20. The number of carbonyl (C=O) groups is 1. The molecule has 0 fully saturated rings. The molecule has 3 aromatic carbocycles. The number of amides is 1. The summed E-state index contributed by atoms with van der Waals surface area (Å²) in [5, 5.41) is 13.7. The first kappa shape index (κ1) is 27.0. The second-order valence-electron chi connectivity index (χ2n) is 8.77. The lowest BCUT2D eigenvalue weighted by Gasteiger charge is -2.18. The number of hydrogen-bond donors (Lipinski definition) is 0. The number of nitrogens with zero attached hydrogens (tertiary/aromatic N) is 3. The highest BCUT2D eigenvalue weighted by Crippen LogP contribution is 2.43. The number of aromatic nitrogens is 1. The van der Waals surface area contributed by atoms with Crippen molar-refractivity contribution < 1.29 is 18.8 Å². The number of ether oxygens (including phenoxy) is 1. The number of hydrogen-bond acceptors (Lipinski definition) is 6. The average molecular weight is 574 g/mol. The number of pyridine rings is 1. The van der Waals surface area contributed by atoms with Crippen LogP contribution >= 0.6 is 22.9 Å². The Kier molecular flexibility index (Phi) is 8.14. The van der Waals surface area contributed by atoms with Gasteiger partial charge in [0.05, 0.1) is 16.5 Å². The van der Waals surface area contributed by atoms with Crippen molar-refractivity contribution >= 4 is 40.7 Å². The summed E-state index contributed by atoms with van der Waals surface area (Å²) < 4.78 is 19.5. The van der Waals surface area contributed by atoms with Gasteiger partial charge in [0.15, 0.2) is 0 Å². The van der Waals surface area contributed by atoms with E-state index in [2.05, 4.69) is 4.98 Å². The predicted molar refractivity (Wildman–Crippen MR) is 154 cm³/mol. The minimum Gasteiger partial charge on any atom is -0.488 e. The van der Waals surface area contributed by atoms with Crippen LogP contribution in [0.15, 0.2) is 96.6 Å². The molecule has 0 bridgehead atoms. The van der Waals surface area contributed by atoms with Gasteiger partial charge in [-0.15, -0.1) is 11.3 Å². The zero-order valence-electron chi connectivity index (χ0n) is 20.9. The first-order valence-corrected chi connectivity index (χ1v) is 13.3. The summed E-state index contributed by atoms with van der Waals surface area (Å²) in [7, 11) is 0. The van der Waals surface area contributed by atoms with Crippen LogP contribution in [0.3, 0.4) is 0 Å². The smallest absolute Gasteiger partial charge is 0.270 e. The Labute approximate surface area is 238 Å². The van der Waals surface area contributed by atoms with Crippen LogP contribution in [0.5, 0.6) is 5.75 Å². The van der Waals surface area contributed by atoms with Crippen molar-refractivity contribution in [3.8, 4) is 27.3 Å². The zero-order valence-corrected chi connectivity index (χ0v) is 22.4. The van der Waals surface area contributed by atoms with Gasteiger partial charge in [0.1, 0.15) is 18.2 Å². The summed E-state index contributed by atoms with van der Waals surface area (Å²) in [6.07, 6.45) is 4.17. The van der Waals surface area contributed by atoms with Crippen LogP contribution in [0, 0.1) is 15.9 Å². The topological polar surface area (TPSA) is 85.6 Å². The Morgan fingerprint density at radius 2 is 1.88 bits per heavy atom. The number of non-ortho nitro benzene ring substituents is 1. The van der Waals surface area contributed by atoms with Crippen LogP contribution in [0.2, 0.25) is 5.02 Å². The van der Waals surface area contributed by atoms with Crippen molar-refractivity contribution in [2.75, 3.05) is 4.90 Å². The van der Waals surface area contributed by atoms with E-state index in [9.17, 15) is 19.3 Å². The molecule has 10 heteroatoms. The SMILES string of the molecule is O=CN(Cc1cccnc1)c1ccc(-c2sccc2-c2cc([N+](=O)[O-])ccc2OCc2ccc(F)cc2Cl)cc1. The van der Waals surface area contributed by atoms with Gasteiger partial charge in [0, 0.05) is 51.8 Å². The Bertz CT molecular complexity index is 1660. The van der Waals surface area contributed by atoms with Crippen molar-refractivity contribution in [1.29, 1.82) is 0 Å². The molecule has 0 radical (unpaired) electrons. The van der Waals surface area contributed by atoms with Crippen molar-refractivity contribution in [2.24, 2.45) is 0 Å². The molecule has 5 aromatic rings. The second kappa shape index (κ2) is 12.1. The van der Waals surface area contributed by atoms with Gasteiger partial charge in [-0.1, -0.05) is 35.9 Å². The lowest BCUT2D eigenvalue weighted by atomic mass is 10.0. The highest BCUT2D eigenvalue weighted by molar-refractivity contribution is 7.14. The Hall–Kier alpha value is -4.60. The Balaban J connectivity index is 1.45.